The molecular weight excluding hydrogens is 333 g/mol. The van der Waals surface area contributed by atoms with E-state index in [0.29, 0.717) is 15.6 Å². The minimum atomic E-state index is -4.43. The first-order chi connectivity index (χ1) is 9.47. The smallest absolute Gasteiger partial charge is 0.354 e. The minimum absolute atomic E-state index is 0.0347. The number of hydrogen-bond donors (Lipinski definition) is 1. The van der Waals surface area contributed by atoms with E-state index in [1.165, 1.54) is 18.5 Å². The van der Waals surface area contributed by atoms with Crippen LogP contribution < -0.4 is 0 Å². The van der Waals surface area contributed by atoms with Crippen molar-refractivity contribution in [3.63, 3.8) is 0 Å². The van der Waals surface area contributed by atoms with Crippen molar-refractivity contribution in [1.82, 2.24) is 9.97 Å². The number of halogens is 4. The molecule has 0 saturated heterocycles. The fraction of sp³-hybridized carbons (Fsp3) is 0.0714. The van der Waals surface area contributed by atoms with Gasteiger partial charge in [-0.05, 0) is 28.1 Å². The molecule has 1 aromatic carbocycles. The highest BCUT2D eigenvalue weighted by atomic mass is 79.9. The lowest BCUT2D eigenvalue weighted by Gasteiger charge is -2.09. The molecule has 2 heterocycles. The molecule has 1 N–H and O–H groups in total. The largest absolute Gasteiger partial charge is 0.419 e. The molecule has 0 aliphatic rings. The number of fused-ring (bicyclic) bond motifs is 1. The topological polar surface area (TPSA) is 28.7 Å². The van der Waals surface area contributed by atoms with Gasteiger partial charge in [-0.15, -0.1) is 0 Å². The van der Waals surface area contributed by atoms with Crippen molar-refractivity contribution in [2.24, 2.45) is 0 Å². The summed E-state index contributed by atoms with van der Waals surface area (Å²) in [6.07, 6.45) is -1.50. The van der Waals surface area contributed by atoms with Crippen LogP contribution in [0.25, 0.3) is 22.2 Å². The number of benzene rings is 1. The zero-order valence-electron chi connectivity index (χ0n) is 10.0. The zero-order chi connectivity index (χ0) is 14.3. The van der Waals surface area contributed by atoms with Gasteiger partial charge in [0.2, 0.25) is 0 Å². The molecule has 6 heteroatoms. The Balaban J connectivity index is 2.35. The first kappa shape index (κ1) is 13.2. The number of hydrogen-bond acceptors (Lipinski definition) is 1. The maximum Gasteiger partial charge on any atom is 0.419 e. The van der Waals surface area contributed by atoms with Crippen LogP contribution in [0.3, 0.4) is 0 Å². The van der Waals surface area contributed by atoms with Crippen LogP contribution in [-0.2, 0) is 6.18 Å². The van der Waals surface area contributed by atoms with Crippen molar-refractivity contribution < 1.29 is 13.2 Å². The average molecular weight is 341 g/mol. The van der Waals surface area contributed by atoms with E-state index in [1.54, 1.807) is 24.3 Å². The predicted molar refractivity (Wildman–Crippen MR) is 74.2 cm³/mol. The van der Waals surface area contributed by atoms with Crippen molar-refractivity contribution in [3.8, 4) is 11.3 Å². The number of nitrogens with zero attached hydrogens (tertiary/aromatic N) is 1. The van der Waals surface area contributed by atoms with E-state index in [2.05, 4.69) is 25.9 Å². The van der Waals surface area contributed by atoms with Crippen molar-refractivity contribution in [2.45, 2.75) is 6.18 Å². The van der Waals surface area contributed by atoms with Gasteiger partial charge in [-0.3, -0.25) is 4.98 Å². The highest BCUT2D eigenvalue weighted by Gasteiger charge is 2.37. The van der Waals surface area contributed by atoms with E-state index < -0.39 is 11.7 Å². The monoisotopic (exact) mass is 340 g/mol. The van der Waals surface area contributed by atoms with Gasteiger partial charge in [0.1, 0.15) is 0 Å². The Kier molecular flexibility index (Phi) is 3.05. The fourth-order valence-corrected chi connectivity index (χ4v) is 2.57. The van der Waals surface area contributed by atoms with Crippen LogP contribution in [0.4, 0.5) is 13.2 Å². The number of rotatable bonds is 1. The molecule has 2 nitrogen and oxygen atoms in total. The quantitative estimate of drug-likeness (QED) is 0.662. The Bertz CT molecular complexity index is 777. The van der Waals surface area contributed by atoms with Gasteiger partial charge in [0, 0.05) is 33.3 Å². The lowest BCUT2D eigenvalue weighted by molar-refractivity contribution is -0.135. The molecule has 2 aromatic heterocycles. The van der Waals surface area contributed by atoms with Gasteiger partial charge in [0.05, 0.1) is 11.3 Å². The number of aromatic nitrogens is 2. The molecule has 0 atom stereocenters. The number of alkyl halides is 3. The average Bonchev–Trinajstić information content (AvgIpc) is 2.77. The maximum absolute atomic E-state index is 13.3. The molecule has 3 rings (SSSR count). The minimum Gasteiger partial charge on any atom is -0.354 e. The SMILES string of the molecule is FC(F)(F)c1c(-c2cncc(Br)c2)[nH]c2ccccc12. The first-order valence-corrected chi connectivity index (χ1v) is 6.55. The van der Waals surface area contributed by atoms with Gasteiger partial charge < -0.3 is 4.98 Å². The number of aromatic amines is 1. The third kappa shape index (κ3) is 2.20. The zero-order valence-corrected chi connectivity index (χ0v) is 11.6. The molecule has 0 aliphatic carbocycles. The second-order valence-corrected chi connectivity index (χ2v) is 5.23. The lowest BCUT2D eigenvalue weighted by Crippen LogP contribution is -2.06. The molecule has 0 bridgehead atoms. The predicted octanol–water partition coefficient (Wildman–Crippen LogP) is 5.01. The van der Waals surface area contributed by atoms with Crippen LogP contribution in [0, 0.1) is 0 Å². The summed E-state index contributed by atoms with van der Waals surface area (Å²) in [5.41, 5.74) is 0.221. The summed E-state index contributed by atoms with van der Waals surface area (Å²) < 4.78 is 40.7. The molecule has 0 spiro atoms. The summed E-state index contributed by atoms with van der Waals surface area (Å²) in [5, 5.41) is 0.162. The van der Waals surface area contributed by atoms with E-state index in [0.717, 1.165) is 0 Å². The van der Waals surface area contributed by atoms with Gasteiger partial charge >= 0.3 is 6.18 Å². The van der Waals surface area contributed by atoms with Crippen LogP contribution in [-0.4, -0.2) is 9.97 Å². The number of pyridine rings is 1. The number of para-hydroxylation sites is 1. The molecular formula is C14H8BrF3N2. The summed E-state index contributed by atoms with van der Waals surface area (Å²) >= 11 is 3.22. The molecule has 0 unspecified atom stereocenters. The summed E-state index contributed by atoms with van der Waals surface area (Å²) in [4.78, 5) is 6.75. The Labute approximate surface area is 120 Å². The van der Waals surface area contributed by atoms with E-state index in [4.69, 9.17) is 0 Å². The normalized spacial score (nSPS) is 12.0. The maximum atomic E-state index is 13.3. The lowest BCUT2D eigenvalue weighted by atomic mass is 10.1. The highest BCUT2D eigenvalue weighted by molar-refractivity contribution is 9.10. The molecule has 0 saturated carbocycles. The first-order valence-electron chi connectivity index (χ1n) is 5.75. The van der Waals surface area contributed by atoms with Crippen LogP contribution >= 0.6 is 15.9 Å². The molecule has 0 aliphatic heterocycles. The van der Waals surface area contributed by atoms with Gasteiger partial charge in [0.15, 0.2) is 0 Å². The summed E-state index contributed by atoms with van der Waals surface area (Å²) in [6, 6.07) is 7.98. The molecule has 0 amide bonds. The molecule has 102 valence electrons. The molecule has 0 fully saturated rings. The van der Waals surface area contributed by atoms with Crippen molar-refractivity contribution in [3.05, 3.63) is 52.8 Å². The Morgan fingerprint density at radius 3 is 2.55 bits per heavy atom. The van der Waals surface area contributed by atoms with E-state index in [1.807, 2.05) is 0 Å². The van der Waals surface area contributed by atoms with Crippen LogP contribution in [0.5, 0.6) is 0 Å². The van der Waals surface area contributed by atoms with Crippen molar-refractivity contribution >= 4 is 26.8 Å². The molecule has 20 heavy (non-hydrogen) atoms. The third-order valence-electron chi connectivity index (χ3n) is 2.98. The highest BCUT2D eigenvalue weighted by Crippen LogP contribution is 2.41. The Morgan fingerprint density at radius 2 is 1.85 bits per heavy atom. The molecule has 3 aromatic rings. The number of H-pyrrole nitrogens is 1. The second-order valence-electron chi connectivity index (χ2n) is 4.31. The Hall–Kier alpha value is -1.82. The molecule has 0 radical (unpaired) electrons. The van der Waals surface area contributed by atoms with Crippen LogP contribution in [0.15, 0.2) is 47.2 Å². The van der Waals surface area contributed by atoms with E-state index >= 15 is 0 Å². The van der Waals surface area contributed by atoms with E-state index in [9.17, 15) is 13.2 Å². The van der Waals surface area contributed by atoms with Crippen LogP contribution in [0.1, 0.15) is 5.56 Å². The van der Waals surface area contributed by atoms with Crippen LogP contribution in [0.2, 0.25) is 0 Å². The van der Waals surface area contributed by atoms with Gasteiger partial charge in [-0.2, -0.15) is 13.2 Å². The van der Waals surface area contributed by atoms with E-state index in [-0.39, 0.29) is 11.1 Å². The van der Waals surface area contributed by atoms with Crippen molar-refractivity contribution in [1.29, 1.82) is 0 Å². The van der Waals surface area contributed by atoms with Crippen molar-refractivity contribution in [2.75, 3.05) is 0 Å². The Morgan fingerprint density at radius 1 is 1.10 bits per heavy atom. The summed E-state index contributed by atoms with van der Waals surface area (Å²) in [6.45, 7) is 0. The van der Waals surface area contributed by atoms with Gasteiger partial charge in [0.25, 0.3) is 0 Å². The standard InChI is InChI=1S/C14H8BrF3N2/c15-9-5-8(6-19-7-9)13-12(14(16,17)18)10-3-1-2-4-11(10)20-13/h1-7,20H. The summed E-state index contributed by atoms with van der Waals surface area (Å²) in [7, 11) is 0. The van der Waals surface area contributed by atoms with Gasteiger partial charge in [-0.25, -0.2) is 0 Å². The van der Waals surface area contributed by atoms with Gasteiger partial charge in [-0.1, -0.05) is 18.2 Å². The number of nitrogens with one attached hydrogen (secondary N) is 1. The summed E-state index contributed by atoms with van der Waals surface area (Å²) in [5.74, 6) is 0. The second kappa shape index (κ2) is 4.63. The third-order valence-corrected chi connectivity index (χ3v) is 3.42. The fourth-order valence-electron chi connectivity index (χ4n) is 2.20.